The van der Waals surface area contributed by atoms with Gasteiger partial charge in [-0.15, -0.1) is 0 Å². The summed E-state index contributed by atoms with van der Waals surface area (Å²) in [5.74, 6) is 0.653. The number of aryl methyl sites for hydroxylation is 1. The van der Waals surface area contributed by atoms with E-state index in [0.29, 0.717) is 5.92 Å². The lowest BCUT2D eigenvalue weighted by molar-refractivity contribution is 0.702. The van der Waals surface area contributed by atoms with Gasteiger partial charge in [-0.3, -0.25) is 0 Å². The van der Waals surface area contributed by atoms with Crippen LogP contribution in [0.15, 0.2) is 24.3 Å². The Morgan fingerprint density at radius 2 is 1.21 bits per heavy atom. The maximum atomic E-state index is 2.27. The fourth-order valence-corrected chi connectivity index (χ4v) is 1.95. The van der Waals surface area contributed by atoms with Crippen LogP contribution in [0.2, 0.25) is 0 Å². The summed E-state index contributed by atoms with van der Waals surface area (Å²) in [5, 5.41) is 0. The van der Waals surface area contributed by atoms with Crippen LogP contribution in [0.4, 0.5) is 0 Å². The summed E-state index contributed by atoms with van der Waals surface area (Å²) < 4.78 is 0. The highest BCUT2D eigenvalue weighted by Crippen LogP contribution is 2.15. The molecule has 0 aliphatic heterocycles. The molecule has 0 nitrogen and oxygen atoms in total. The molecule has 19 heavy (non-hydrogen) atoms. The fraction of sp³-hybridized carbons (Fsp3) is 0.684. The smallest absolute Gasteiger partial charge is 0.0219 e. The van der Waals surface area contributed by atoms with Gasteiger partial charge in [0.25, 0.3) is 0 Å². The highest BCUT2D eigenvalue weighted by Gasteiger charge is 1.98. The number of hydrogen-bond acceptors (Lipinski definition) is 0. The molecule has 0 bridgehead atoms. The van der Waals surface area contributed by atoms with Crippen LogP contribution in [0, 0.1) is 0 Å². The number of hydrogen-bond donors (Lipinski definition) is 0. The van der Waals surface area contributed by atoms with E-state index in [1.165, 1.54) is 56.1 Å². The van der Waals surface area contributed by atoms with Gasteiger partial charge >= 0.3 is 0 Å². The van der Waals surface area contributed by atoms with Crippen molar-refractivity contribution in [1.82, 2.24) is 0 Å². The molecule has 0 amide bonds. The molecule has 0 N–H and O–H groups in total. The van der Waals surface area contributed by atoms with Crippen molar-refractivity contribution in [3.63, 3.8) is 0 Å². The van der Waals surface area contributed by atoms with Crippen LogP contribution < -0.4 is 0 Å². The topological polar surface area (TPSA) is 0 Å². The molecule has 0 saturated heterocycles. The zero-order chi connectivity index (χ0) is 14.5. The molecule has 0 saturated carbocycles. The number of unbranched alkanes of at least 4 members (excludes halogenated alkanes) is 4. The van der Waals surface area contributed by atoms with Crippen molar-refractivity contribution >= 4 is 0 Å². The first-order chi connectivity index (χ1) is 9.15. The Morgan fingerprint density at radius 1 is 0.737 bits per heavy atom. The first-order valence-electron chi connectivity index (χ1n) is 8.24. The average Bonchev–Trinajstić information content (AvgIpc) is 2.44. The summed E-state index contributed by atoms with van der Waals surface area (Å²) in [6.07, 6.45) is 9.36. The lowest BCUT2D eigenvalue weighted by atomic mass is 10.00. The minimum Gasteiger partial charge on any atom is -0.0654 e. The van der Waals surface area contributed by atoms with Gasteiger partial charge < -0.3 is 0 Å². The average molecular weight is 262 g/mol. The van der Waals surface area contributed by atoms with E-state index in [-0.39, 0.29) is 0 Å². The van der Waals surface area contributed by atoms with Crippen molar-refractivity contribution in [3.8, 4) is 0 Å². The monoisotopic (exact) mass is 262 g/mol. The summed E-state index contributed by atoms with van der Waals surface area (Å²) in [5.41, 5.74) is 2.92. The maximum Gasteiger partial charge on any atom is -0.0219 e. The zero-order valence-corrected chi connectivity index (χ0v) is 13.8. The van der Waals surface area contributed by atoms with Gasteiger partial charge in [-0.05, 0) is 29.9 Å². The van der Waals surface area contributed by atoms with Gasteiger partial charge in [0.05, 0.1) is 0 Å². The standard InChI is InChI=1S/C13H20.C6H14/c1-4-5-6-12-7-9-13(10-8-12)11(2)3;1-3-5-6-4-2/h7-11H,4-6H2,1-3H3;3-6H2,1-2H3. The molecule has 110 valence electrons. The lowest BCUT2D eigenvalue weighted by Gasteiger charge is -2.06. The second-order valence-corrected chi connectivity index (χ2v) is 5.71. The third kappa shape index (κ3) is 9.76. The zero-order valence-electron chi connectivity index (χ0n) is 13.8. The number of benzene rings is 1. The molecule has 0 aromatic heterocycles. The minimum atomic E-state index is 0.653. The third-order valence-electron chi connectivity index (χ3n) is 3.42. The second-order valence-electron chi connectivity index (χ2n) is 5.71. The summed E-state index contributed by atoms with van der Waals surface area (Å²) in [6.45, 7) is 11.2. The molecule has 0 heteroatoms. The molecular weight excluding hydrogens is 228 g/mol. The Hall–Kier alpha value is -0.780. The van der Waals surface area contributed by atoms with Crippen molar-refractivity contribution < 1.29 is 0 Å². The van der Waals surface area contributed by atoms with E-state index >= 15 is 0 Å². The summed E-state index contributed by atoms with van der Waals surface area (Å²) >= 11 is 0. The number of rotatable bonds is 7. The molecule has 0 unspecified atom stereocenters. The molecule has 1 aromatic carbocycles. The molecule has 0 fully saturated rings. The largest absolute Gasteiger partial charge is 0.0654 e. The Balaban J connectivity index is 0.000000459. The predicted molar refractivity (Wildman–Crippen MR) is 89.0 cm³/mol. The van der Waals surface area contributed by atoms with Gasteiger partial charge in [0.15, 0.2) is 0 Å². The molecule has 0 spiro atoms. The van der Waals surface area contributed by atoms with Gasteiger partial charge in [-0.25, -0.2) is 0 Å². The van der Waals surface area contributed by atoms with Gasteiger partial charge in [-0.1, -0.05) is 91.0 Å². The lowest BCUT2D eigenvalue weighted by Crippen LogP contribution is -1.89. The van der Waals surface area contributed by atoms with E-state index in [1.807, 2.05) is 0 Å². The van der Waals surface area contributed by atoms with Gasteiger partial charge in [0.1, 0.15) is 0 Å². The van der Waals surface area contributed by atoms with E-state index < -0.39 is 0 Å². The van der Waals surface area contributed by atoms with Gasteiger partial charge in [0, 0.05) is 0 Å². The molecule has 0 radical (unpaired) electrons. The highest BCUT2D eigenvalue weighted by atomic mass is 14.0. The van der Waals surface area contributed by atoms with Crippen LogP contribution in [-0.4, -0.2) is 0 Å². The van der Waals surface area contributed by atoms with Crippen molar-refractivity contribution in [2.75, 3.05) is 0 Å². The second kappa shape index (κ2) is 12.3. The molecule has 1 aromatic rings. The molecular formula is C19H34. The normalized spacial score (nSPS) is 10.2. The van der Waals surface area contributed by atoms with Crippen molar-refractivity contribution in [2.45, 2.75) is 85.5 Å². The Kier molecular flexibility index (Phi) is 11.8. The predicted octanol–water partition coefficient (Wildman–Crippen LogP) is 6.74. The SMILES string of the molecule is CCCCCC.CCCCc1ccc(C(C)C)cc1. The Labute approximate surface area is 121 Å². The quantitative estimate of drug-likeness (QED) is 0.477. The molecule has 0 aliphatic carbocycles. The van der Waals surface area contributed by atoms with Crippen LogP contribution in [0.25, 0.3) is 0 Å². The molecule has 0 heterocycles. The van der Waals surface area contributed by atoms with Crippen molar-refractivity contribution in [3.05, 3.63) is 35.4 Å². The first kappa shape index (κ1) is 18.2. The van der Waals surface area contributed by atoms with E-state index in [9.17, 15) is 0 Å². The molecule has 0 atom stereocenters. The van der Waals surface area contributed by atoms with Crippen molar-refractivity contribution in [2.24, 2.45) is 0 Å². The van der Waals surface area contributed by atoms with E-state index in [4.69, 9.17) is 0 Å². The van der Waals surface area contributed by atoms with Crippen LogP contribution in [0.1, 0.15) is 90.2 Å². The summed E-state index contributed by atoms with van der Waals surface area (Å²) in [4.78, 5) is 0. The van der Waals surface area contributed by atoms with Crippen LogP contribution in [-0.2, 0) is 6.42 Å². The summed E-state index contributed by atoms with van der Waals surface area (Å²) in [7, 11) is 0. The molecule has 0 aliphatic rings. The maximum absolute atomic E-state index is 2.27. The van der Waals surface area contributed by atoms with Crippen molar-refractivity contribution in [1.29, 1.82) is 0 Å². The van der Waals surface area contributed by atoms with Crippen LogP contribution in [0.3, 0.4) is 0 Å². The van der Waals surface area contributed by atoms with E-state index in [1.54, 1.807) is 0 Å². The highest BCUT2D eigenvalue weighted by molar-refractivity contribution is 5.24. The van der Waals surface area contributed by atoms with Crippen LogP contribution >= 0.6 is 0 Å². The minimum absolute atomic E-state index is 0.653. The van der Waals surface area contributed by atoms with E-state index in [0.717, 1.165) is 0 Å². The fourth-order valence-electron chi connectivity index (χ4n) is 1.95. The van der Waals surface area contributed by atoms with Crippen LogP contribution in [0.5, 0.6) is 0 Å². The van der Waals surface area contributed by atoms with Gasteiger partial charge in [-0.2, -0.15) is 0 Å². The summed E-state index contributed by atoms with van der Waals surface area (Å²) in [6, 6.07) is 9.06. The first-order valence-corrected chi connectivity index (χ1v) is 8.24. The van der Waals surface area contributed by atoms with Gasteiger partial charge in [0.2, 0.25) is 0 Å². The Morgan fingerprint density at radius 3 is 1.58 bits per heavy atom. The third-order valence-corrected chi connectivity index (χ3v) is 3.42. The Bertz CT molecular complexity index is 277. The molecule has 1 rings (SSSR count). The van der Waals surface area contributed by atoms with E-state index in [2.05, 4.69) is 58.9 Å².